The molecule has 16 nitrogen and oxygen atoms in total. The fourth-order valence-corrected chi connectivity index (χ4v) is 3.52. The monoisotopic (exact) mass is 636 g/mol. The summed E-state index contributed by atoms with van der Waals surface area (Å²) in [4.78, 5) is 23.0. The Kier molecular flexibility index (Phi) is 12.3. The van der Waals surface area contributed by atoms with Crippen LogP contribution in [0.3, 0.4) is 0 Å². The standard InChI is InChI=1S/C23H24N8O2.2CH4O3S/c1-2-7-20-19(6-1)17(15-25-20)16-26-30-21-27-22(31-10-13-32-14-11-31)29-23(28-21)33-12-8-18-5-3-4-9-24-18;2*1-5(2,3)4/h1-7,9,15-16,25H,8,10-14H2,(H,27,28,29,30);2*1H3,(H,2,3,4)/b26-16+;;. The van der Waals surface area contributed by atoms with Gasteiger partial charge in [-0.2, -0.15) is 36.9 Å². The van der Waals surface area contributed by atoms with Crippen molar-refractivity contribution in [2.75, 3.05) is 55.7 Å². The van der Waals surface area contributed by atoms with E-state index >= 15 is 0 Å². The number of morpholine rings is 1. The summed E-state index contributed by atoms with van der Waals surface area (Å²) in [7, 11) is -7.33. The van der Waals surface area contributed by atoms with Gasteiger partial charge in [-0.3, -0.25) is 14.1 Å². The second-order valence-electron chi connectivity index (χ2n) is 8.89. The van der Waals surface area contributed by atoms with E-state index in [1.54, 1.807) is 12.4 Å². The van der Waals surface area contributed by atoms with Gasteiger partial charge in [-0.1, -0.05) is 24.3 Å². The molecule has 4 N–H and O–H groups in total. The molecule has 18 heteroatoms. The van der Waals surface area contributed by atoms with Crippen LogP contribution in [0.25, 0.3) is 10.9 Å². The van der Waals surface area contributed by atoms with Crippen LogP contribution < -0.4 is 15.1 Å². The quantitative estimate of drug-likeness (QED) is 0.123. The van der Waals surface area contributed by atoms with Crippen molar-refractivity contribution in [2.45, 2.75) is 6.42 Å². The largest absolute Gasteiger partial charge is 0.463 e. The number of rotatable bonds is 8. The van der Waals surface area contributed by atoms with Gasteiger partial charge in [0, 0.05) is 54.1 Å². The van der Waals surface area contributed by atoms with Crippen molar-refractivity contribution in [1.82, 2.24) is 24.9 Å². The number of H-pyrrole nitrogens is 1. The summed E-state index contributed by atoms with van der Waals surface area (Å²) in [6, 6.07) is 14.1. The Bertz CT molecular complexity index is 1650. The predicted octanol–water partition coefficient (Wildman–Crippen LogP) is 1.66. The molecule has 0 saturated carbocycles. The number of aromatic nitrogens is 5. The number of nitrogens with one attached hydrogen (secondary N) is 2. The summed E-state index contributed by atoms with van der Waals surface area (Å²) in [5.41, 5.74) is 5.88. The molecular weight excluding hydrogens is 604 g/mol. The molecular formula is C25H32N8O8S2. The number of hydrogen-bond acceptors (Lipinski definition) is 13. The number of hydrogen-bond donors (Lipinski definition) is 4. The highest BCUT2D eigenvalue weighted by atomic mass is 32.2. The summed E-state index contributed by atoms with van der Waals surface area (Å²) in [6.45, 7) is 3.07. The summed E-state index contributed by atoms with van der Waals surface area (Å²) in [5.74, 6) is 0.848. The number of para-hydroxylation sites is 1. The molecule has 1 fully saturated rings. The average molecular weight is 637 g/mol. The molecule has 5 rings (SSSR count). The molecule has 1 aliphatic rings. The molecule has 43 heavy (non-hydrogen) atoms. The number of anilines is 2. The van der Waals surface area contributed by atoms with E-state index in [9.17, 15) is 16.8 Å². The molecule has 4 heterocycles. The topological polar surface area (TPSA) is 222 Å². The van der Waals surface area contributed by atoms with E-state index in [0.29, 0.717) is 63.7 Å². The number of hydrazone groups is 1. The van der Waals surface area contributed by atoms with Gasteiger partial charge in [0.1, 0.15) is 0 Å². The number of aromatic amines is 1. The Morgan fingerprint density at radius 1 is 1.02 bits per heavy atom. The fraction of sp³-hybridized carbons (Fsp3) is 0.320. The molecule has 0 atom stereocenters. The van der Waals surface area contributed by atoms with Crippen molar-refractivity contribution < 1.29 is 35.4 Å². The average Bonchev–Trinajstić information content (AvgIpc) is 3.35. The minimum absolute atomic E-state index is 0.243. The van der Waals surface area contributed by atoms with Crippen molar-refractivity contribution in [3.63, 3.8) is 0 Å². The van der Waals surface area contributed by atoms with E-state index in [4.69, 9.17) is 18.6 Å². The summed E-state index contributed by atoms with van der Waals surface area (Å²) in [6.07, 6.45) is 7.50. The van der Waals surface area contributed by atoms with E-state index in [-0.39, 0.29) is 6.01 Å². The van der Waals surface area contributed by atoms with E-state index in [2.05, 4.69) is 35.4 Å². The first-order valence-corrected chi connectivity index (χ1v) is 16.4. The lowest BCUT2D eigenvalue weighted by Gasteiger charge is -2.26. The van der Waals surface area contributed by atoms with Crippen LogP contribution >= 0.6 is 0 Å². The second kappa shape index (κ2) is 15.8. The van der Waals surface area contributed by atoms with Gasteiger partial charge in [-0.15, -0.1) is 0 Å². The molecule has 0 radical (unpaired) electrons. The molecule has 0 bridgehead atoms. The third-order valence-electron chi connectivity index (χ3n) is 5.20. The molecule has 0 amide bonds. The van der Waals surface area contributed by atoms with Crippen molar-refractivity contribution in [1.29, 1.82) is 0 Å². The van der Waals surface area contributed by atoms with Gasteiger partial charge in [-0.25, -0.2) is 5.43 Å². The Labute approximate surface area is 248 Å². The smallest absolute Gasteiger partial charge is 0.323 e. The summed E-state index contributed by atoms with van der Waals surface area (Å²) < 4.78 is 63.0. The second-order valence-corrected chi connectivity index (χ2v) is 11.8. The summed E-state index contributed by atoms with van der Waals surface area (Å²) in [5, 5.41) is 5.42. The van der Waals surface area contributed by atoms with Crippen LogP contribution in [0.1, 0.15) is 11.3 Å². The fourth-order valence-electron chi connectivity index (χ4n) is 3.52. The molecule has 3 aromatic heterocycles. The third-order valence-corrected chi connectivity index (χ3v) is 5.20. The van der Waals surface area contributed by atoms with Crippen LogP contribution in [0.2, 0.25) is 0 Å². The minimum atomic E-state index is -3.67. The van der Waals surface area contributed by atoms with Crippen LogP contribution in [-0.4, -0.2) is 102 Å². The lowest BCUT2D eigenvalue weighted by Crippen LogP contribution is -2.37. The highest BCUT2D eigenvalue weighted by Crippen LogP contribution is 2.18. The van der Waals surface area contributed by atoms with Crippen LogP contribution in [0.4, 0.5) is 11.9 Å². The highest BCUT2D eigenvalue weighted by Gasteiger charge is 2.17. The molecule has 1 saturated heterocycles. The van der Waals surface area contributed by atoms with Gasteiger partial charge >= 0.3 is 6.01 Å². The maximum atomic E-state index is 9.19. The first-order chi connectivity index (χ1) is 20.3. The van der Waals surface area contributed by atoms with Crippen LogP contribution in [0.5, 0.6) is 6.01 Å². The first kappa shape index (κ1) is 33.3. The van der Waals surface area contributed by atoms with Crippen LogP contribution in [0.15, 0.2) is 60.0 Å². The molecule has 232 valence electrons. The van der Waals surface area contributed by atoms with Crippen LogP contribution in [0, 0.1) is 0 Å². The predicted molar refractivity (Wildman–Crippen MR) is 161 cm³/mol. The molecule has 4 aromatic rings. The van der Waals surface area contributed by atoms with Gasteiger partial charge in [0.15, 0.2) is 0 Å². The maximum absolute atomic E-state index is 9.19. The Hall–Kier alpha value is -4.23. The Morgan fingerprint density at radius 3 is 2.37 bits per heavy atom. The molecule has 0 spiro atoms. The van der Waals surface area contributed by atoms with Crippen molar-refractivity contribution >= 4 is 49.3 Å². The van der Waals surface area contributed by atoms with Gasteiger partial charge in [0.2, 0.25) is 5.95 Å². The zero-order valence-electron chi connectivity index (χ0n) is 23.4. The molecule has 0 unspecified atom stereocenters. The van der Waals surface area contributed by atoms with Crippen molar-refractivity contribution in [3.8, 4) is 6.01 Å². The maximum Gasteiger partial charge on any atom is 0.323 e. The van der Waals surface area contributed by atoms with E-state index < -0.39 is 20.2 Å². The number of ether oxygens (including phenoxy) is 2. The normalized spacial score (nSPS) is 13.5. The summed E-state index contributed by atoms with van der Waals surface area (Å²) >= 11 is 0. The zero-order chi connectivity index (χ0) is 31.3. The number of nitrogens with zero attached hydrogens (tertiary/aromatic N) is 6. The third kappa shape index (κ3) is 13.5. The van der Waals surface area contributed by atoms with Gasteiger partial charge in [0.25, 0.3) is 26.2 Å². The lowest BCUT2D eigenvalue weighted by atomic mass is 10.2. The molecule has 1 aliphatic heterocycles. The first-order valence-electron chi connectivity index (χ1n) is 12.7. The van der Waals surface area contributed by atoms with E-state index in [1.165, 1.54) is 0 Å². The highest BCUT2D eigenvalue weighted by molar-refractivity contribution is 7.85. The van der Waals surface area contributed by atoms with Crippen LogP contribution in [-0.2, 0) is 31.4 Å². The number of fused-ring (bicyclic) bond motifs is 1. The zero-order valence-corrected chi connectivity index (χ0v) is 25.0. The van der Waals surface area contributed by atoms with Gasteiger partial charge in [0.05, 0.1) is 38.5 Å². The van der Waals surface area contributed by atoms with E-state index in [1.807, 2.05) is 53.6 Å². The molecule has 0 aliphatic carbocycles. The lowest BCUT2D eigenvalue weighted by molar-refractivity contribution is 0.122. The minimum Gasteiger partial charge on any atom is -0.463 e. The van der Waals surface area contributed by atoms with Crippen molar-refractivity contribution in [2.24, 2.45) is 5.10 Å². The molecule has 1 aromatic carbocycles. The van der Waals surface area contributed by atoms with Crippen molar-refractivity contribution in [3.05, 3.63) is 66.1 Å². The Balaban J connectivity index is 0.000000440. The Morgan fingerprint density at radius 2 is 1.70 bits per heavy atom. The number of pyridine rings is 1. The number of benzene rings is 1. The van der Waals surface area contributed by atoms with Gasteiger partial charge < -0.3 is 19.4 Å². The van der Waals surface area contributed by atoms with E-state index in [0.717, 1.165) is 22.2 Å². The SMILES string of the molecule is C(=N\Nc1nc(OCCc2ccccn2)nc(N2CCOCC2)n1)/c1c[nH]c2ccccc12.CS(=O)(=O)O.CS(=O)(=O)O. The van der Waals surface area contributed by atoms with Gasteiger partial charge in [-0.05, 0) is 18.2 Å².